The second-order valence-electron chi connectivity index (χ2n) is 12.6. The Kier molecular flexibility index (Phi) is 10.7. The van der Waals surface area contributed by atoms with Gasteiger partial charge in [-0.05, 0) is 74.1 Å². The zero-order chi connectivity index (χ0) is 32.7. The molecular weight excluding hydrogens is 591 g/mol. The van der Waals surface area contributed by atoms with Gasteiger partial charge in [-0.25, -0.2) is 4.52 Å². The molecule has 5 heterocycles. The zero-order valence-corrected chi connectivity index (χ0v) is 27.0. The minimum Gasteiger partial charge on any atom is -0.370 e. The first kappa shape index (κ1) is 33.5. The predicted octanol–water partition coefficient (Wildman–Crippen LogP) is 7.43. The number of likely N-dealkylation sites (tertiary alicyclic amines) is 1. The smallest absolute Gasteiger partial charge is 0.370 e. The lowest BCUT2D eigenvalue weighted by atomic mass is 9.81. The Hall–Kier alpha value is -3.86. The molecule has 0 radical (unpaired) electrons. The van der Waals surface area contributed by atoms with Crippen molar-refractivity contribution in [3.63, 3.8) is 0 Å². The number of carbonyl (C=O) groups excluding carboxylic acids is 1. The third-order valence-corrected chi connectivity index (χ3v) is 8.91. The molecule has 248 valence electrons. The van der Waals surface area contributed by atoms with Crippen LogP contribution < -0.4 is 10.6 Å². The van der Waals surface area contributed by atoms with Crippen molar-refractivity contribution in [2.45, 2.75) is 83.4 Å². The molecule has 2 N–H and O–H groups in total. The second kappa shape index (κ2) is 14.7. The van der Waals surface area contributed by atoms with E-state index < -0.39 is 24.9 Å². The lowest BCUT2D eigenvalue weighted by Gasteiger charge is -2.47. The van der Waals surface area contributed by atoms with Gasteiger partial charge in [-0.1, -0.05) is 51.5 Å². The number of piperidine rings is 2. The van der Waals surface area contributed by atoms with Gasteiger partial charge in [0.05, 0.1) is 6.42 Å². The Morgan fingerprint density at radius 1 is 1.07 bits per heavy atom. The molecule has 2 saturated heterocycles. The summed E-state index contributed by atoms with van der Waals surface area (Å²) in [6.45, 7) is 12.5. The number of hydrogen-bond acceptors (Lipinski definition) is 6. The Morgan fingerprint density at radius 2 is 1.83 bits per heavy atom. The van der Waals surface area contributed by atoms with Crippen molar-refractivity contribution in [3.05, 3.63) is 66.4 Å². The highest BCUT2D eigenvalue weighted by Crippen LogP contribution is 2.33. The monoisotopic (exact) mass is 637 g/mol. The summed E-state index contributed by atoms with van der Waals surface area (Å²) in [5, 5.41) is 11.7. The number of rotatable bonds is 7. The number of anilines is 2. The van der Waals surface area contributed by atoms with Crippen LogP contribution in [0.2, 0.25) is 0 Å². The Labute approximate surface area is 269 Å². The van der Waals surface area contributed by atoms with E-state index in [-0.39, 0.29) is 12.1 Å². The number of nitrogens with zero attached hydrogens (tertiary/aromatic N) is 5. The van der Waals surface area contributed by atoms with Crippen LogP contribution in [-0.4, -0.2) is 74.7 Å². The van der Waals surface area contributed by atoms with Gasteiger partial charge in [-0.15, -0.1) is 5.10 Å². The summed E-state index contributed by atoms with van der Waals surface area (Å²) < 4.78 is 39.3. The van der Waals surface area contributed by atoms with Crippen LogP contribution in [0.5, 0.6) is 0 Å². The number of pyridine rings is 1. The highest BCUT2D eigenvalue weighted by atomic mass is 19.4. The van der Waals surface area contributed by atoms with Crippen LogP contribution in [0.15, 0.2) is 55.3 Å². The molecule has 3 aliphatic rings. The van der Waals surface area contributed by atoms with Crippen LogP contribution in [0.25, 0.3) is 16.9 Å². The summed E-state index contributed by atoms with van der Waals surface area (Å²) in [5.74, 6) is -0.0174. The van der Waals surface area contributed by atoms with Crippen LogP contribution in [-0.2, 0) is 4.79 Å². The molecule has 0 saturated carbocycles. The number of hydrogen-bond donors (Lipinski definition) is 2. The van der Waals surface area contributed by atoms with Crippen molar-refractivity contribution in [2.24, 2.45) is 0 Å². The Balaban J connectivity index is 0.00000134. The molecular formula is C35H46F3N7O. The topological polar surface area (TPSA) is 77.8 Å². The maximum atomic E-state index is 12.5. The summed E-state index contributed by atoms with van der Waals surface area (Å²) in [7, 11) is 0. The average molecular weight is 638 g/mol. The fourth-order valence-corrected chi connectivity index (χ4v) is 6.56. The van der Waals surface area contributed by atoms with E-state index in [4.69, 9.17) is 4.98 Å². The fraction of sp³-hybridized carbons (Fsp3) is 0.514. The number of fused-ring (bicyclic) bond motifs is 1. The minimum absolute atomic E-state index is 0.218. The molecule has 2 fully saturated rings. The lowest BCUT2D eigenvalue weighted by Crippen LogP contribution is -2.58. The molecule has 1 spiro atoms. The molecule has 11 heteroatoms. The van der Waals surface area contributed by atoms with E-state index in [9.17, 15) is 18.0 Å². The van der Waals surface area contributed by atoms with E-state index in [1.54, 1.807) is 4.52 Å². The highest BCUT2D eigenvalue weighted by Gasteiger charge is 2.36. The first-order chi connectivity index (χ1) is 22.1. The highest BCUT2D eigenvalue weighted by molar-refractivity contribution is 5.81. The lowest BCUT2D eigenvalue weighted by molar-refractivity contribution is -0.148. The predicted molar refractivity (Wildman–Crippen MR) is 178 cm³/mol. The van der Waals surface area contributed by atoms with Gasteiger partial charge in [0.15, 0.2) is 5.65 Å². The summed E-state index contributed by atoms with van der Waals surface area (Å²) in [4.78, 5) is 20.9. The molecule has 0 aliphatic carbocycles. The quantitative estimate of drug-likeness (QED) is 0.281. The fourth-order valence-electron chi connectivity index (χ4n) is 6.56. The second-order valence-corrected chi connectivity index (χ2v) is 12.6. The zero-order valence-electron chi connectivity index (χ0n) is 27.0. The van der Waals surface area contributed by atoms with Gasteiger partial charge in [0, 0.05) is 61.3 Å². The number of amides is 1. The summed E-state index contributed by atoms with van der Waals surface area (Å²) in [6.07, 6.45) is 5.74. The number of nitrogens with one attached hydrogen (secondary N) is 2. The molecule has 6 rings (SSSR count). The number of carbonyl (C=O) groups is 1. The number of halogens is 3. The summed E-state index contributed by atoms with van der Waals surface area (Å²) >= 11 is 0. The standard InChI is InChI=1S/C32H38F3N7O.C3H8/c1-23(41-18-5-15-31(22-41)14-2-3-17-36-31)24-7-9-26(10-8-24)37-30-38-29-27(6-4-19-42(29)39-30)25-12-20-40(21-13-25)28(43)11-16-32(33,34)35;1-3-2/h4,6-10,12,19,36H,1-3,5,11,13-18,20-22H2,(H,37,39);3H2,1-2H3. The molecule has 3 aromatic rings. The van der Waals surface area contributed by atoms with Crippen molar-refractivity contribution in [3.8, 4) is 0 Å². The molecule has 8 nitrogen and oxygen atoms in total. The van der Waals surface area contributed by atoms with E-state index in [1.807, 2.05) is 36.5 Å². The number of benzene rings is 1. The normalized spacial score (nSPS) is 20.2. The first-order valence-electron chi connectivity index (χ1n) is 16.6. The van der Waals surface area contributed by atoms with Gasteiger partial charge < -0.3 is 20.4 Å². The van der Waals surface area contributed by atoms with E-state index in [2.05, 4.69) is 53.2 Å². The summed E-state index contributed by atoms with van der Waals surface area (Å²) in [6, 6.07) is 12.0. The number of aromatic nitrogens is 3. The van der Waals surface area contributed by atoms with Crippen LogP contribution in [0.1, 0.15) is 82.8 Å². The number of alkyl halides is 3. The first-order valence-corrected chi connectivity index (χ1v) is 16.6. The van der Waals surface area contributed by atoms with Gasteiger partial charge in [0.1, 0.15) is 0 Å². The molecule has 46 heavy (non-hydrogen) atoms. The van der Waals surface area contributed by atoms with Crippen molar-refractivity contribution < 1.29 is 18.0 Å². The molecule has 1 aromatic carbocycles. The van der Waals surface area contributed by atoms with Gasteiger partial charge in [0.2, 0.25) is 11.9 Å². The largest absolute Gasteiger partial charge is 0.389 e. The van der Waals surface area contributed by atoms with E-state index in [1.165, 1.54) is 43.4 Å². The van der Waals surface area contributed by atoms with Crippen molar-refractivity contribution in [1.29, 1.82) is 0 Å². The van der Waals surface area contributed by atoms with E-state index in [0.717, 1.165) is 47.7 Å². The average Bonchev–Trinajstić information content (AvgIpc) is 3.47. The van der Waals surface area contributed by atoms with Crippen LogP contribution in [0, 0.1) is 0 Å². The Morgan fingerprint density at radius 3 is 2.50 bits per heavy atom. The maximum absolute atomic E-state index is 12.5. The van der Waals surface area contributed by atoms with Gasteiger partial charge in [0.25, 0.3) is 0 Å². The van der Waals surface area contributed by atoms with Crippen LogP contribution in [0.3, 0.4) is 0 Å². The van der Waals surface area contributed by atoms with Crippen molar-refractivity contribution >= 4 is 34.5 Å². The Bertz CT molecular complexity index is 1520. The van der Waals surface area contributed by atoms with E-state index >= 15 is 0 Å². The molecule has 1 amide bonds. The van der Waals surface area contributed by atoms with Crippen LogP contribution >= 0.6 is 0 Å². The summed E-state index contributed by atoms with van der Waals surface area (Å²) in [5.41, 5.74) is 5.79. The van der Waals surface area contributed by atoms with Gasteiger partial charge in [-0.3, -0.25) is 4.79 Å². The third kappa shape index (κ3) is 8.29. The van der Waals surface area contributed by atoms with Crippen LogP contribution in [0.4, 0.5) is 24.8 Å². The van der Waals surface area contributed by atoms with Gasteiger partial charge in [-0.2, -0.15) is 18.2 Å². The molecule has 2 aromatic heterocycles. The SMILES string of the molecule is C=C(c1ccc(Nc2nc3c(C4=CCN(C(=O)CCC(F)(F)F)CC4)cccn3n2)cc1)N1CCCC2(CCCCN2)C1.CCC. The molecule has 0 bridgehead atoms. The maximum Gasteiger partial charge on any atom is 0.389 e. The molecule has 1 unspecified atom stereocenters. The third-order valence-electron chi connectivity index (χ3n) is 8.91. The van der Waals surface area contributed by atoms with E-state index in [0.29, 0.717) is 24.6 Å². The molecule has 3 aliphatic heterocycles. The van der Waals surface area contributed by atoms with Gasteiger partial charge >= 0.3 is 6.18 Å². The van der Waals surface area contributed by atoms with Crippen molar-refractivity contribution in [2.75, 3.05) is 38.0 Å². The van der Waals surface area contributed by atoms with Crippen molar-refractivity contribution in [1.82, 2.24) is 29.7 Å². The molecule has 1 atom stereocenters. The minimum atomic E-state index is -4.33.